The molecule has 25 heavy (non-hydrogen) atoms. The SMILES string of the molecule is COc1ccc(-c2noc(COC(=O)c3cc(C)cc(C)c3)n2)cc1. The van der Waals surface area contributed by atoms with Gasteiger partial charge in [-0.3, -0.25) is 0 Å². The molecule has 0 radical (unpaired) electrons. The van der Waals surface area contributed by atoms with E-state index in [0.717, 1.165) is 22.4 Å². The van der Waals surface area contributed by atoms with Gasteiger partial charge in [-0.1, -0.05) is 22.3 Å². The summed E-state index contributed by atoms with van der Waals surface area (Å²) in [5.74, 6) is 0.995. The summed E-state index contributed by atoms with van der Waals surface area (Å²) in [6.07, 6.45) is 0. The number of carbonyl (C=O) groups is 1. The average Bonchev–Trinajstić information content (AvgIpc) is 3.08. The Hall–Kier alpha value is -3.15. The van der Waals surface area contributed by atoms with Crippen LogP contribution in [0.25, 0.3) is 11.4 Å². The maximum absolute atomic E-state index is 12.1. The van der Waals surface area contributed by atoms with Gasteiger partial charge in [0.15, 0.2) is 6.61 Å². The van der Waals surface area contributed by atoms with Gasteiger partial charge < -0.3 is 14.0 Å². The Balaban J connectivity index is 1.65. The molecule has 0 N–H and O–H groups in total. The van der Waals surface area contributed by atoms with Gasteiger partial charge in [-0.2, -0.15) is 4.98 Å². The molecule has 0 saturated heterocycles. The Kier molecular flexibility index (Phi) is 4.79. The predicted molar refractivity (Wildman–Crippen MR) is 91.3 cm³/mol. The van der Waals surface area contributed by atoms with Crippen molar-refractivity contribution in [3.63, 3.8) is 0 Å². The zero-order valence-electron chi connectivity index (χ0n) is 14.3. The molecule has 3 aromatic rings. The second-order valence-corrected chi connectivity index (χ2v) is 5.69. The molecule has 0 spiro atoms. The Morgan fingerprint density at radius 3 is 2.40 bits per heavy atom. The van der Waals surface area contributed by atoms with Crippen molar-refractivity contribution >= 4 is 5.97 Å². The average molecular weight is 338 g/mol. The molecule has 2 aromatic carbocycles. The standard InChI is InChI=1S/C19H18N2O4/c1-12-8-13(2)10-15(9-12)19(22)24-11-17-20-18(21-25-17)14-4-6-16(23-3)7-5-14/h4-10H,11H2,1-3H3. The van der Waals surface area contributed by atoms with Crippen molar-refractivity contribution in [2.24, 2.45) is 0 Å². The molecule has 0 atom stereocenters. The largest absolute Gasteiger partial charge is 0.497 e. The van der Waals surface area contributed by atoms with E-state index in [1.54, 1.807) is 19.2 Å². The Labute approximate surface area is 145 Å². The molecule has 0 saturated carbocycles. The van der Waals surface area contributed by atoms with Crippen LogP contribution in [0.2, 0.25) is 0 Å². The van der Waals surface area contributed by atoms with E-state index in [9.17, 15) is 4.79 Å². The number of aryl methyl sites for hydroxylation is 2. The van der Waals surface area contributed by atoms with Gasteiger partial charge in [0, 0.05) is 5.56 Å². The Morgan fingerprint density at radius 1 is 1.08 bits per heavy atom. The number of benzene rings is 2. The van der Waals surface area contributed by atoms with Crippen LogP contribution in [0, 0.1) is 13.8 Å². The van der Waals surface area contributed by atoms with Gasteiger partial charge in [-0.05, 0) is 50.2 Å². The van der Waals surface area contributed by atoms with Gasteiger partial charge in [0.1, 0.15) is 5.75 Å². The summed E-state index contributed by atoms with van der Waals surface area (Å²) in [6, 6.07) is 12.8. The lowest BCUT2D eigenvalue weighted by Crippen LogP contribution is -2.06. The van der Waals surface area contributed by atoms with E-state index in [1.165, 1.54) is 0 Å². The van der Waals surface area contributed by atoms with E-state index in [-0.39, 0.29) is 12.5 Å². The van der Waals surface area contributed by atoms with Crippen LogP contribution in [0.1, 0.15) is 27.4 Å². The summed E-state index contributed by atoms with van der Waals surface area (Å²) in [5, 5.41) is 3.90. The maximum Gasteiger partial charge on any atom is 0.338 e. The van der Waals surface area contributed by atoms with Crippen LogP contribution in [0.15, 0.2) is 47.0 Å². The third-order valence-electron chi connectivity index (χ3n) is 3.60. The highest BCUT2D eigenvalue weighted by atomic mass is 16.6. The summed E-state index contributed by atoms with van der Waals surface area (Å²) in [5.41, 5.74) is 3.31. The monoisotopic (exact) mass is 338 g/mol. The zero-order chi connectivity index (χ0) is 17.8. The highest BCUT2D eigenvalue weighted by molar-refractivity contribution is 5.89. The summed E-state index contributed by atoms with van der Waals surface area (Å²) >= 11 is 0. The lowest BCUT2D eigenvalue weighted by molar-refractivity contribution is 0.0429. The second-order valence-electron chi connectivity index (χ2n) is 5.69. The minimum Gasteiger partial charge on any atom is -0.497 e. The van der Waals surface area contributed by atoms with Crippen LogP contribution in [-0.4, -0.2) is 23.2 Å². The van der Waals surface area contributed by atoms with Crippen molar-refractivity contribution in [3.05, 3.63) is 65.0 Å². The van der Waals surface area contributed by atoms with Crippen molar-refractivity contribution < 1.29 is 18.8 Å². The van der Waals surface area contributed by atoms with Crippen molar-refractivity contribution in [1.29, 1.82) is 0 Å². The summed E-state index contributed by atoms with van der Waals surface area (Å²) < 4.78 is 15.5. The third-order valence-corrected chi connectivity index (χ3v) is 3.60. The van der Waals surface area contributed by atoms with Crippen LogP contribution in [0.5, 0.6) is 5.75 Å². The van der Waals surface area contributed by atoms with Crippen LogP contribution < -0.4 is 4.74 Å². The van der Waals surface area contributed by atoms with Crippen LogP contribution >= 0.6 is 0 Å². The molecule has 6 heteroatoms. The van der Waals surface area contributed by atoms with E-state index in [4.69, 9.17) is 14.0 Å². The smallest absolute Gasteiger partial charge is 0.338 e. The first-order valence-electron chi connectivity index (χ1n) is 7.77. The number of rotatable bonds is 5. The molecule has 1 heterocycles. The number of hydrogen-bond donors (Lipinski definition) is 0. The van der Waals surface area contributed by atoms with Gasteiger partial charge in [0.2, 0.25) is 5.82 Å². The van der Waals surface area contributed by atoms with E-state index in [0.29, 0.717) is 11.4 Å². The van der Waals surface area contributed by atoms with Crippen LogP contribution in [0.3, 0.4) is 0 Å². The van der Waals surface area contributed by atoms with E-state index in [2.05, 4.69) is 10.1 Å². The normalized spacial score (nSPS) is 10.5. The van der Waals surface area contributed by atoms with Crippen molar-refractivity contribution in [1.82, 2.24) is 10.1 Å². The van der Waals surface area contributed by atoms with Crippen LogP contribution in [0.4, 0.5) is 0 Å². The molecule has 3 rings (SSSR count). The highest BCUT2D eigenvalue weighted by Gasteiger charge is 2.13. The molecule has 6 nitrogen and oxygen atoms in total. The number of nitrogens with zero attached hydrogens (tertiary/aromatic N) is 2. The Morgan fingerprint density at radius 2 is 1.76 bits per heavy atom. The molecule has 0 fully saturated rings. The van der Waals surface area contributed by atoms with Crippen molar-refractivity contribution in [3.8, 4) is 17.1 Å². The lowest BCUT2D eigenvalue weighted by atomic mass is 10.1. The molecule has 128 valence electrons. The minimum atomic E-state index is -0.420. The first-order chi connectivity index (χ1) is 12.0. The molecule has 0 aliphatic heterocycles. The maximum atomic E-state index is 12.1. The number of aromatic nitrogens is 2. The molecule has 1 aromatic heterocycles. The molecule has 0 amide bonds. The first-order valence-corrected chi connectivity index (χ1v) is 7.77. The fourth-order valence-electron chi connectivity index (χ4n) is 2.47. The number of esters is 1. The van der Waals surface area contributed by atoms with Crippen molar-refractivity contribution in [2.75, 3.05) is 7.11 Å². The van der Waals surface area contributed by atoms with Crippen LogP contribution in [-0.2, 0) is 11.3 Å². The first kappa shape index (κ1) is 16.7. The minimum absolute atomic E-state index is 0.0744. The van der Waals surface area contributed by atoms with E-state index >= 15 is 0 Å². The highest BCUT2D eigenvalue weighted by Crippen LogP contribution is 2.20. The molecule has 0 unspecified atom stereocenters. The number of hydrogen-bond acceptors (Lipinski definition) is 6. The second kappa shape index (κ2) is 7.17. The summed E-state index contributed by atoms with van der Waals surface area (Å²) in [7, 11) is 1.60. The lowest BCUT2D eigenvalue weighted by Gasteiger charge is -2.04. The molecular weight excluding hydrogens is 320 g/mol. The Bertz CT molecular complexity index is 864. The molecular formula is C19H18N2O4. The van der Waals surface area contributed by atoms with Gasteiger partial charge in [0.25, 0.3) is 5.89 Å². The van der Waals surface area contributed by atoms with Crippen molar-refractivity contribution in [2.45, 2.75) is 20.5 Å². The molecule has 0 aliphatic rings. The van der Waals surface area contributed by atoms with E-state index in [1.807, 2.05) is 44.2 Å². The quantitative estimate of drug-likeness (QED) is 0.660. The topological polar surface area (TPSA) is 74.5 Å². The van der Waals surface area contributed by atoms with Gasteiger partial charge in [-0.25, -0.2) is 4.79 Å². The van der Waals surface area contributed by atoms with E-state index < -0.39 is 5.97 Å². The third kappa shape index (κ3) is 4.03. The van der Waals surface area contributed by atoms with Gasteiger partial charge >= 0.3 is 5.97 Å². The fourth-order valence-corrected chi connectivity index (χ4v) is 2.47. The zero-order valence-corrected chi connectivity index (χ0v) is 14.3. The number of carbonyl (C=O) groups excluding carboxylic acids is 1. The summed E-state index contributed by atoms with van der Waals surface area (Å²) in [6.45, 7) is 3.79. The summed E-state index contributed by atoms with van der Waals surface area (Å²) in [4.78, 5) is 16.4. The van der Waals surface area contributed by atoms with Gasteiger partial charge in [-0.15, -0.1) is 0 Å². The molecule has 0 aliphatic carbocycles. The number of methoxy groups -OCH3 is 1. The fraction of sp³-hybridized carbons (Fsp3) is 0.211. The predicted octanol–water partition coefficient (Wildman–Crippen LogP) is 3.72. The van der Waals surface area contributed by atoms with Gasteiger partial charge in [0.05, 0.1) is 12.7 Å². The number of ether oxygens (including phenoxy) is 2. The molecule has 0 bridgehead atoms.